The number of carbonyl (C=O) groups excluding carboxylic acids is 1. The molecule has 0 bridgehead atoms. The van der Waals surface area contributed by atoms with E-state index in [1.54, 1.807) is 30.3 Å². The number of hydrogen-bond acceptors (Lipinski definition) is 5. The maximum Gasteiger partial charge on any atom is 0.255 e. The molecule has 146 valence electrons. The maximum atomic E-state index is 12.6. The molecule has 0 aliphatic heterocycles. The highest BCUT2D eigenvalue weighted by molar-refractivity contribution is 6.31. The smallest absolute Gasteiger partial charge is 0.255 e. The molecule has 0 radical (unpaired) electrons. The number of aromatic nitrogens is 1. The third kappa shape index (κ3) is 4.28. The fourth-order valence-electron chi connectivity index (χ4n) is 2.71. The second kappa shape index (κ2) is 8.35. The first-order valence-electron chi connectivity index (χ1n) is 8.69. The predicted octanol–water partition coefficient (Wildman–Crippen LogP) is 5.09. The summed E-state index contributed by atoms with van der Waals surface area (Å²) in [7, 11) is 1.53. The second-order valence-electron chi connectivity index (χ2n) is 6.37. The monoisotopic (exact) mass is 400 g/mol. The lowest BCUT2D eigenvalue weighted by Gasteiger charge is -2.13. The molecule has 3 rings (SSSR count). The number of ether oxygens (including phenoxy) is 2. The molecule has 0 unspecified atom stereocenters. The Bertz CT molecular complexity index is 994. The van der Waals surface area contributed by atoms with Crippen LogP contribution in [0.5, 0.6) is 11.5 Å². The summed E-state index contributed by atoms with van der Waals surface area (Å²) in [6, 6.07) is 10.4. The van der Waals surface area contributed by atoms with Crippen LogP contribution in [0.2, 0.25) is 5.02 Å². The molecule has 0 aliphatic rings. The van der Waals surface area contributed by atoms with E-state index < -0.39 is 0 Å². The Balaban J connectivity index is 1.76. The van der Waals surface area contributed by atoms with Crippen molar-refractivity contribution in [3.8, 4) is 11.5 Å². The molecule has 0 aliphatic carbocycles. The average molecular weight is 401 g/mol. The lowest BCUT2D eigenvalue weighted by Crippen LogP contribution is -2.13. The quantitative estimate of drug-likeness (QED) is 0.623. The van der Waals surface area contributed by atoms with E-state index in [0.717, 1.165) is 16.8 Å². The Labute approximate surface area is 168 Å². The SMILES string of the molecule is COc1cc(C(=O)Nc2cc(Cl)ccc2C)ccc1OCc1c(C)noc1C. The van der Waals surface area contributed by atoms with Crippen LogP contribution in [-0.2, 0) is 6.61 Å². The van der Waals surface area contributed by atoms with Gasteiger partial charge in [0.05, 0.1) is 18.4 Å². The number of methoxy groups -OCH3 is 1. The minimum Gasteiger partial charge on any atom is -0.493 e. The van der Waals surface area contributed by atoms with Gasteiger partial charge >= 0.3 is 0 Å². The minimum atomic E-state index is -0.263. The highest BCUT2D eigenvalue weighted by Crippen LogP contribution is 2.30. The van der Waals surface area contributed by atoms with Crippen LogP contribution >= 0.6 is 11.6 Å². The molecule has 28 heavy (non-hydrogen) atoms. The molecule has 0 atom stereocenters. The van der Waals surface area contributed by atoms with Crippen LogP contribution in [0, 0.1) is 20.8 Å². The van der Waals surface area contributed by atoms with Gasteiger partial charge in [0, 0.05) is 16.3 Å². The van der Waals surface area contributed by atoms with E-state index in [1.165, 1.54) is 7.11 Å². The highest BCUT2D eigenvalue weighted by atomic mass is 35.5. The summed E-state index contributed by atoms with van der Waals surface area (Å²) < 4.78 is 16.4. The number of rotatable bonds is 6. The zero-order valence-corrected chi connectivity index (χ0v) is 16.9. The molecule has 1 heterocycles. The van der Waals surface area contributed by atoms with Crippen molar-refractivity contribution in [2.24, 2.45) is 0 Å². The largest absolute Gasteiger partial charge is 0.493 e. The predicted molar refractivity (Wildman–Crippen MR) is 107 cm³/mol. The summed E-state index contributed by atoms with van der Waals surface area (Å²) in [6.45, 7) is 5.89. The molecule has 0 fully saturated rings. The molecular weight excluding hydrogens is 380 g/mol. The standard InChI is InChI=1S/C21H21ClN2O4/c1-12-5-7-16(22)10-18(12)23-21(25)15-6-8-19(20(9-15)26-4)27-11-17-13(2)24-28-14(17)3/h5-10H,11H2,1-4H3,(H,23,25). The van der Waals surface area contributed by atoms with E-state index in [9.17, 15) is 4.79 Å². The fraction of sp³-hybridized carbons (Fsp3) is 0.238. The molecule has 0 saturated carbocycles. The van der Waals surface area contributed by atoms with Crippen molar-refractivity contribution >= 4 is 23.2 Å². The van der Waals surface area contributed by atoms with Gasteiger partial charge in [0.1, 0.15) is 12.4 Å². The van der Waals surface area contributed by atoms with Crippen molar-refractivity contribution < 1.29 is 18.8 Å². The van der Waals surface area contributed by atoms with E-state index in [2.05, 4.69) is 10.5 Å². The van der Waals surface area contributed by atoms with E-state index in [0.29, 0.717) is 40.1 Å². The third-order valence-electron chi connectivity index (χ3n) is 4.43. The zero-order valence-electron chi connectivity index (χ0n) is 16.1. The highest BCUT2D eigenvalue weighted by Gasteiger charge is 2.15. The Kier molecular flexibility index (Phi) is 5.90. The summed E-state index contributed by atoms with van der Waals surface area (Å²) in [5.41, 5.74) is 3.70. The number of hydrogen-bond donors (Lipinski definition) is 1. The first-order chi connectivity index (χ1) is 13.4. The Morgan fingerprint density at radius 3 is 2.61 bits per heavy atom. The fourth-order valence-corrected chi connectivity index (χ4v) is 2.88. The number of benzene rings is 2. The van der Waals surface area contributed by atoms with Gasteiger partial charge in [0.15, 0.2) is 11.5 Å². The van der Waals surface area contributed by atoms with Crippen LogP contribution in [0.15, 0.2) is 40.9 Å². The summed E-state index contributed by atoms with van der Waals surface area (Å²) >= 11 is 6.02. The number of nitrogens with zero attached hydrogens (tertiary/aromatic N) is 1. The number of anilines is 1. The average Bonchev–Trinajstić information content (AvgIpc) is 3.00. The van der Waals surface area contributed by atoms with Crippen molar-refractivity contribution in [3.63, 3.8) is 0 Å². The van der Waals surface area contributed by atoms with Gasteiger partial charge in [-0.25, -0.2) is 0 Å². The number of amides is 1. The molecule has 2 aromatic carbocycles. The zero-order chi connectivity index (χ0) is 20.3. The van der Waals surface area contributed by atoms with Crippen molar-refractivity contribution in [3.05, 3.63) is 69.6 Å². The van der Waals surface area contributed by atoms with Crippen LogP contribution in [0.4, 0.5) is 5.69 Å². The van der Waals surface area contributed by atoms with Crippen LogP contribution < -0.4 is 14.8 Å². The van der Waals surface area contributed by atoms with E-state index in [-0.39, 0.29) is 5.91 Å². The second-order valence-corrected chi connectivity index (χ2v) is 6.81. The van der Waals surface area contributed by atoms with Gasteiger partial charge in [0.25, 0.3) is 5.91 Å². The van der Waals surface area contributed by atoms with Crippen molar-refractivity contribution in [1.82, 2.24) is 5.16 Å². The Morgan fingerprint density at radius 2 is 1.93 bits per heavy atom. The van der Waals surface area contributed by atoms with E-state index >= 15 is 0 Å². The van der Waals surface area contributed by atoms with Gasteiger partial charge < -0.3 is 19.3 Å². The molecule has 1 N–H and O–H groups in total. The number of halogens is 1. The van der Waals surface area contributed by atoms with Crippen LogP contribution in [-0.4, -0.2) is 18.2 Å². The number of nitrogens with one attached hydrogen (secondary N) is 1. The molecule has 0 spiro atoms. The molecule has 0 saturated heterocycles. The van der Waals surface area contributed by atoms with Gasteiger partial charge in [0.2, 0.25) is 0 Å². The van der Waals surface area contributed by atoms with Crippen LogP contribution in [0.25, 0.3) is 0 Å². The summed E-state index contributed by atoms with van der Waals surface area (Å²) in [6.07, 6.45) is 0. The lowest BCUT2D eigenvalue weighted by atomic mass is 10.1. The minimum absolute atomic E-state index is 0.263. The van der Waals surface area contributed by atoms with Crippen LogP contribution in [0.3, 0.4) is 0 Å². The molecule has 1 aromatic heterocycles. The first kappa shape index (κ1) is 19.8. The van der Waals surface area contributed by atoms with E-state index in [1.807, 2.05) is 26.8 Å². The van der Waals surface area contributed by atoms with Crippen molar-refractivity contribution in [1.29, 1.82) is 0 Å². The number of aryl methyl sites for hydroxylation is 3. The van der Waals surface area contributed by atoms with Gasteiger partial charge in [-0.1, -0.05) is 22.8 Å². The van der Waals surface area contributed by atoms with Gasteiger partial charge in [-0.2, -0.15) is 0 Å². The van der Waals surface area contributed by atoms with Crippen LogP contribution in [0.1, 0.15) is 32.9 Å². The first-order valence-corrected chi connectivity index (χ1v) is 9.07. The van der Waals surface area contributed by atoms with E-state index in [4.69, 9.17) is 25.6 Å². The third-order valence-corrected chi connectivity index (χ3v) is 4.66. The molecule has 7 heteroatoms. The molecule has 1 amide bonds. The molecule has 6 nitrogen and oxygen atoms in total. The summed E-state index contributed by atoms with van der Waals surface area (Å²) in [4.78, 5) is 12.6. The summed E-state index contributed by atoms with van der Waals surface area (Å²) in [5, 5.41) is 7.34. The maximum absolute atomic E-state index is 12.6. The van der Waals surface area contributed by atoms with Gasteiger partial charge in [-0.15, -0.1) is 0 Å². The van der Waals surface area contributed by atoms with Crippen molar-refractivity contribution in [2.45, 2.75) is 27.4 Å². The molecule has 3 aromatic rings. The Hall–Kier alpha value is -2.99. The van der Waals surface area contributed by atoms with Gasteiger partial charge in [-0.3, -0.25) is 4.79 Å². The normalized spacial score (nSPS) is 10.6. The van der Waals surface area contributed by atoms with Gasteiger partial charge in [-0.05, 0) is 56.7 Å². The lowest BCUT2D eigenvalue weighted by molar-refractivity contribution is 0.102. The number of carbonyl (C=O) groups is 1. The van der Waals surface area contributed by atoms with Crippen molar-refractivity contribution in [2.75, 3.05) is 12.4 Å². The Morgan fingerprint density at radius 1 is 1.14 bits per heavy atom. The topological polar surface area (TPSA) is 73.6 Å². The summed E-state index contributed by atoms with van der Waals surface area (Å²) in [5.74, 6) is 1.44. The molecular formula is C21H21ClN2O4.